The number of hydrogen-bond acceptors (Lipinski definition) is 3. The number of hydrogen-bond donors (Lipinski definition) is 1. The monoisotopic (exact) mass is 340 g/mol. The molecule has 2 aromatic rings. The zero-order valence-electron chi connectivity index (χ0n) is 11.7. The second-order valence-corrected chi connectivity index (χ2v) is 6.15. The Morgan fingerprint density at radius 2 is 2.14 bits per heavy atom. The summed E-state index contributed by atoms with van der Waals surface area (Å²) in [7, 11) is 0. The van der Waals surface area contributed by atoms with Crippen molar-refractivity contribution in [2.24, 2.45) is 5.92 Å². The SMILES string of the molecule is Fc1cncc([C@@H](Oc2ccc(Cl)cc2Cl)[C@@H]2CCNC2)c1. The summed E-state index contributed by atoms with van der Waals surface area (Å²) >= 11 is 12.1. The van der Waals surface area contributed by atoms with Gasteiger partial charge in [0.15, 0.2) is 0 Å². The van der Waals surface area contributed by atoms with Crippen molar-refractivity contribution in [3.8, 4) is 5.75 Å². The molecule has 0 saturated carbocycles. The molecule has 2 heterocycles. The summed E-state index contributed by atoms with van der Waals surface area (Å²) in [5.74, 6) is 0.391. The molecule has 1 aliphatic heterocycles. The minimum Gasteiger partial charge on any atom is -0.484 e. The molecule has 1 saturated heterocycles. The van der Waals surface area contributed by atoms with Gasteiger partial charge in [0.05, 0.1) is 11.2 Å². The van der Waals surface area contributed by atoms with E-state index in [0.717, 1.165) is 19.5 Å². The number of rotatable bonds is 4. The van der Waals surface area contributed by atoms with Crippen molar-refractivity contribution in [1.29, 1.82) is 0 Å². The molecule has 0 unspecified atom stereocenters. The lowest BCUT2D eigenvalue weighted by molar-refractivity contribution is 0.144. The smallest absolute Gasteiger partial charge is 0.141 e. The van der Waals surface area contributed by atoms with Gasteiger partial charge in [0, 0.05) is 29.2 Å². The van der Waals surface area contributed by atoms with E-state index in [0.29, 0.717) is 21.4 Å². The van der Waals surface area contributed by atoms with E-state index in [-0.39, 0.29) is 17.8 Å². The molecule has 1 aromatic carbocycles. The maximum atomic E-state index is 13.5. The van der Waals surface area contributed by atoms with Gasteiger partial charge in [-0.25, -0.2) is 4.39 Å². The predicted molar refractivity (Wildman–Crippen MR) is 85.0 cm³/mol. The highest BCUT2D eigenvalue weighted by molar-refractivity contribution is 6.35. The molecule has 1 aliphatic rings. The maximum Gasteiger partial charge on any atom is 0.141 e. The number of ether oxygens (including phenoxy) is 1. The maximum absolute atomic E-state index is 13.5. The van der Waals surface area contributed by atoms with Crippen LogP contribution in [0.5, 0.6) is 5.75 Å². The molecular formula is C16H15Cl2FN2O. The minimum absolute atomic E-state index is 0.232. The van der Waals surface area contributed by atoms with Gasteiger partial charge in [0.2, 0.25) is 0 Å². The summed E-state index contributed by atoms with van der Waals surface area (Å²) in [5, 5.41) is 4.28. The Morgan fingerprint density at radius 1 is 1.27 bits per heavy atom. The Kier molecular flexibility index (Phi) is 4.81. The van der Waals surface area contributed by atoms with Crippen LogP contribution in [-0.4, -0.2) is 18.1 Å². The van der Waals surface area contributed by atoms with Crippen LogP contribution >= 0.6 is 23.2 Å². The summed E-state index contributed by atoms with van der Waals surface area (Å²) in [4.78, 5) is 3.93. The van der Waals surface area contributed by atoms with Crippen molar-refractivity contribution in [1.82, 2.24) is 10.3 Å². The molecule has 1 aromatic heterocycles. The molecule has 22 heavy (non-hydrogen) atoms. The van der Waals surface area contributed by atoms with Crippen LogP contribution in [0.25, 0.3) is 0 Å². The fourth-order valence-corrected chi connectivity index (χ4v) is 3.12. The lowest BCUT2D eigenvalue weighted by atomic mass is 9.96. The molecule has 0 aliphatic carbocycles. The molecule has 3 nitrogen and oxygen atoms in total. The van der Waals surface area contributed by atoms with Gasteiger partial charge in [-0.1, -0.05) is 23.2 Å². The summed E-state index contributed by atoms with van der Waals surface area (Å²) in [6, 6.07) is 6.54. The molecule has 0 spiro atoms. The van der Waals surface area contributed by atoms with Crippen LogP contribution < -0.4 is 10.1 Å². The predicted octanol–water partition coefficient (Wildman–Crippen LogP) is 4.26. The van der Waals surface area contributed by atoms with E-state index in [4.69, 9.17) is 27.9 Å². The summed E-state index contributed by atoms with van der Waals surface area (Å²) < 4.78 is 19.6. The third kappa shape index (κ3) is 3.51. The van der Waals surface area contributed by atoms with Gasteiger partial charge in [-0.3, -0.25) is 4.98 Å². The topological polar surface area (TPSA) is 34.1 Å². The second-order valence-electron chi connectivity index (χ2n) is 5.30. The Balaban J connectivity index is 1.91. The lowest BCUT2D eigenvalue weighted by Gasteiger charge is -2.25. The summed E-state index contributed by atoms with van der Waals surface area (Å²) in [6.07, 6.45) is 3.46. The van der Waals surface area contributed by atoms with E-state index < -0.39 is 0 Å². The fraction of sp³-hybridized carbons (Fsp3) is 0.312. The Hall–Kier alpha value is -1.36. The van der Waals surface area contributed by atoms with Gasteiger partial charge in [-0.15, -0.1) is 0 Å². The van der Waals surface area contributed by atoms with Crippen molar-refractivity contribution in [3.63, 3.8) is 0 Å². The van der Waals surface area contributed by atoms with E-state index in [1.165, 1.54) is 12.3 Å². The van der Waals surface area contributed by atoms with Crippen molar-refractivity contribution < 1.29 is 9.13 Å². The average Bonchev–Trinajstić information content (AvgIpc) is 3.00. The quantitative estimate of drug-likeness (QED) is 0.902. The summed E-state index contributed by atoms with van der Waals surface area (Å²) in [5.41, 5.74) is 0.708. The van der Waals surface area contributed by atoms with E-state index in [1.807, 2.05) is 0 Å². The first-order chi connectivity index (χ1) is 10.6. The molecule has 116 valence electrons. The first kappa shape index (κ1) is 15.5. The third-order valence-corrected chi connectivity index (χ3v) is 4.26. The zero-order chi connectivity index (χ0) is 15.5. The number of benzene rings is 1. The molecule has 1 fully saturated rings. The highest BCUT2D eigenvalue weighted by atomic mass is 35.5. The molecule has 1 N–H and O–H groups in total. The third-order valence-electron chi connectivity index (χ3n) is 3.73. The Labute approximate surface area is 138 Å². The van der Waals surface area contributed by atoms with Crippen LogP contribution in [0, 0.1) is 11.7 Å². The van der Waals surface area contributed by atoms with Crippen LogP contribution in [0.2, 0.25) is 10.0 Å². The summed E-state index contributed by atoms with van der Waals surface area (Å²) in [6.45, 7) is 1.73. The zero-order valence-corrected chi connectivity index (χ0v) is 13.2. The van der Waals surface area contributed by atoms with Gasteiger partial charge in [0.1, 0.15) is 17.7 Å². The van der Waals surface area contributed by atoms with E-state index >= 15 is 0 Å². The second kappa shape index (κ2) is 6.82. The number of pyridine rings is 1. The van der Waals surface area contributed by atoms with Gasteiger partial charge in [0.25, 0.3) is 0 Å². The van der Waals surface area contributed by atoms with E-state index in [9.17, 15) is 4.39 Å². The number of nitrogens with one attached hydrogen (secondary N) is 1. The lowest BCUT2D eigenvalue weighted by Crippen LogP contribution is -2.21. The molecule has 2 atom stereocenters. The van der Waals surface area contributed by atoms with Crippen molar-refractivity contribution in [3.05, 3.63) is 58.1 Å². The largest absolute Gasteiger partial charge is 0.484 e. The Morgan fingerprint density at radius 3 is 2.82 bits per heavy atom. The minimum atomic E-state index is -0.376. The highest BCUT2D eigenvalue weighted by Gasteiger charge is 2.29. The van der Waals surface area contributed by atoms with Crippen LogP contribution in [0.4, 0.5) is 4.39 Å². The molecule has 0 bridgehead atoms. The molecule has 3 rings (SSSR count). The van der Waals surface area contributed by atoms with E-state index in [2.05, 4.69) is 10.3 Å². The van der Waals surface area contributed by atoms with Crippen LogP contribution in [0.1, 0.15) is 18.1 Å². The molecule has 0 amide bonds. The number of halogens is 3. The van der Waals surface area contributed by atoms with E-state index in [1.54, 1.807) is 24.4 Å². The molecule has 0 radical (unpaired) electrons. The van der Waals surface area contributed by atoms with Crippen molar-refractivity contribution in [2.45, 2.75) is 12.5 Å². The fourth-order valence-electron chi connectivity index (χ4n) is 2.66. The first-order valence-electron chi connectivity index (χ1n) is 7.06. The van der Waals surface area contributed by atoms with Crippen molar-refractivity contribution >= 4 is 23.2 Å². The van der Waals surface area contributed by atoms with Crippen LogP contribution in [0.3, 0.4) is 0 Å². The van der Waals surface area contributed by atoms with Gasteiger partial charge >= 0.3 is 0 Å². The van der Waals surface area contributed by atoms with Gasteiger partial charge in [-0.05, 0) is 37.2 Å². The van der Waals surface area contributed by atoms with Crippen LogP contribution in [0.15, 0.2) is 36.7 Å². The van der Waals surface area contributed by atoms with Gasteiger partial charge in [-0.2, -0.15) is 0 Å². The number of aromatic nitrogens is 1. The molecule has 6 heteroatoms. The Bertz CT molecular complexity index is 662. The first-order valence-corrected chi connectivity index (χ1v) is 7.82. The van der Waals surface area contributed by atoms with Crippen LogP contribution in [-0.2, 0) is 0 Å². The van der Waals surface area contributed by atoms with Gasteiger partial charge < -0.3 is 10.1 Å². The normalized spacial score (nSPS) is 19.1. The average molecular weight is 341 g/mol. The highest BCUT2D eigenvalue weighted by Crippen LogP contribution is 2.36. The van der Waals surface area contributed by atoms with Crippen molar-refractivity contribution in [2.75, 3.05) is 13.1 Å². The molecular weight excluding hydrogens is 326 g/mol. The number of nitrogens with zero attached hydrogens (tertiary/aromatic N) is 1. The standard InChI is InChI=1S/C16H15Cl2FN2O/c17-12-1-2-15(14(18)6-12)22-16(10-3-4-20-7-10)11-5-13(19)9-21-8-11/h1-2,5-6,8-10,16,20H,3-4,7H2/t10-,16+/m1/s1.